The van der Waals surface area contributed by atoms with Gasteiger partial charge in [0.25, 0.3) is 5.91 Å². The van der Waals surface area contributed by atoms with Gasteiger partial charge in [0.2, 0.25) is 0 Å². The van der Waals surface area contributed by atoms with Crippen molar-refractivity contribution in [1.29, 1.82) is 0 Å². The minimum absolute atomic E-state index is 0.122. The molecule has 3 nitrogen and oxygen atoms in total. The Labute approximate surface area is 133 Å². The van der Waals surface area contributed by atoms with Gasteiger partial charge < -0.3 is 5.32 Å². The van der Waals surface area contributed by atoms with Crippen LogP contribution in [0, 0.1) is 13.8 Å². The summed E-state index contributed by atoms with van der Waals surface area (Å²) >= 11 is 1.44. The first kappa shape index (κ1) is 14.5. The fourth-order valence-electron chi connectivity index (χ4n) is 2.22. The van der Waals surface area contributed by atoms with Crippen molar-refractivity contribution in [2.24, 2.45) is 0 Å². The highest BCUT2D eigenvalue weighted by Crippen LogP contribution is 2.29. The largest absolute Gasteiger partial charge is 0.306 e. The third-order valence-electron chi connectivity index (χ3n) is 3.39. The molecule has 22 heavy (non-hydrogen) atoms. The second-order valence-electron chi connectivity index (χ2n) is 5.20. The van der Waals surface area contributed by atoms with Crippen molar-refractivity contribution in [1.82, 2.24) is 4.98 Å². The maximum atomic E-state index is 12.5. The molecule has 0 aliphatic carbocycles. The van der Waals surface area contributed by atoms with Gasteiger partial charge in [0, 0.05) is 11.8 Å². The first-order chi connectivity index (χ1) is 10.6. The summed E-state index contributed by atoms with van der Waals surface area (Å²) in [6.45, 7) is 4.02. The fraction of sp³-hybridized carbons (Fsp3) is 0.111. The number of nitrogens with one attached hydrogen (secondary N) is 1. The number of thiophene rings is 1. The van der Waals surface area contributed by atoms with Crippen molar-refractivity contribution in [3.63, 3.8) is 0 Å². The average Bonchev–Trinajstić information content (AvgIpc) is 2.97. The van der Waals surface area contributed by atoms with Gasteiger partial charge in [-0.3, -0.25) is 4.79 Å². The molecule has 0 aliphatic heterocycles. The van der Waals surface area contributed by atoms with E-state index in [9.17, 15) is 4.79 Å². The van der Waals surface area contributed by atoms with Crippen LogP contribution in [0.4, 0.5) is 5.82 Å². The predicted molar refractivity (Wildman–Crippen MR) is 91.4 cm³/mol. The zero-order valence-corrected chi connectivity index (χ0v) is 13.3. The zero-order valence-electron chi connectivity index (χ0n) is 12.5. The number of rotatable bonds is 3. The number of carbonyl (C=O) groups is 1. The van der Waals surface area contributed by atoms with Crippen molar-refractivity contribution < 1.29 is 4.79 Å². The van der Waals surface area contributed by atoms with E-state index in [1.165, 1.54) is 16.9 Å². The van der Waals surface area contributed by atoms with E-state index in [4.69, 9.17) is 0 Å². The smallest absolute Gasteiger partial charge is 0.267 e. The number of pyridine rings is 1. The van der Waals surface area contributed by atoms with Crippen LogP contribution in [0.2, 0.25) is 0 Å². The SMILES string of the molecule is Cc1ccc(-c2ccsc2C(=O)Nc2cc(C)ccn2)cc1. The Kier molecular flexibility index (Phi) is 4.02. The van der Waals surface area contributed by atoms with E-state index in [-0.39, 0.29) is 5.91 Å². The third kappa shape index (κ3) is 3.07. The average molecular weight is 308 g/mol. The van der Waals surface area contributed by atoms with Crippen molar-refractivity contribution >= 4 is 23.1 Å². The highest BCUT2D eigenvalue weighted by Gasteiger charge is 2.15. The van der Waals surface area contributed by atoms with Gasteiger partial charge >= 0.3 is 0 Å². The van der Waals surface area contributed by atoms with E-state index >= 15 is 0 Å². The van der Waals surface area contributed by atoms with Crippen LogP contribution in [0.25, 0.3) is 11.1 Å². The molecule has 2 heterocycles. The number of nitrogens with zero attached hydrogens (tertiary/aromatic N) is 1. The molecule has 0 bridgehead atoms. The molecule has 1 aromatic carbocycles. The molecule has 3 aromatic rings. The van der Waals surface area contributed by atoms with Gasteiger partial charge in [-0.05, 0) is 48.6 Å². The van der Waals surface area contributed by atoms with Crippen molar-refractivity contribution in [2.75, 3.05) is 5.32 Å². The lowest BCUT2D eigenvalue weighted by Crippen LogP contribution is -2.12. The molecule has 0 spiro atoms. The van der Waals surface area contributed by atoms with Gasteiger partial charge in [-0.15, -0.1) is 11.3 Å². The number of anilines is 1. The molecule has 0 fully saturated rings. The number of carbonyl (C=O) groups excluding carboxylic acids is 1. The summed E-state index contributed by atoms with van der Waals surface area (Å²) < 4.78 is 0. The minimum Gasteiger partial charge on any atom is -0.306 e. The molecule has 0 saturated heterocycles. The molecule has 2 aromatic heterocycles. The van der Waals surface area contributed by atoms with Gasteiger partial charge in [0.15, 0.2) is 0 Å². The molecule has 0 atom stereocenters. The third-order valence-corrected chi connectivity index (χ3v) is 4.30. The molecule has 0 radical (unpaired) electrons. The van der Waals surface area contributed by atoms with E-state index in [0.717, 1.165) is 16.7 Å². The van der Waals surface area contributed by atoms with E-state index in [2.05, 4.69) is 29.4 Å². The summed E-state index contributed by atoms with van der Waals surface area (Å²) in [7, 11) is 0. The van der Waals surface area contributed by atoms with Crippen LogP contribution in [-0.4, -0.2) is 10.9 Å². The van der Waals surface area contributed by atoms with Crippen LogP contribution >= 0.6 is 11.3 Å². The van der Waals surface area contributed by atoms with Crippen molar-refractivity contribution in [3.8, 4) is 11.1 Å². The molecule has 4 heteroatoms. The predicted octanol–water partition coefficient (Wildman–Crippen LogP) is 4.68. The molecule has 0 aliphatic rings. The molecular weight excluding hydrogens is 292 g/mol. The number of amides is 1. The van der Waals surface area contributed by atoms with Crippen molar-refractivity contribution in [2.45, 2.75) is 13.8 Å². The first-order valence-corrected chi connectivity index (χ1v) is 7.90. The second kappa shape index (κ2) is 6.12. The lowest BCUT2D eigenvalue weighted by molar-refractivity contribution is 0.103. The summed E-state index contributed by atoms with van der Waals surface area (Å²) in [5.41, 5.74) is 4.27. The maximum absolute atomic E-state index is 12.5. The minimum atomic E-state index is -0.122. The summed E-state index contributed by atoms with van der Waals surface area (Å²) in [5.74, 6) is 0.455. The Morgan fingerprint density at radius 3 is 2.55 bits per heavy atom. The maximum Gasteiger partial charge on any atom is 0.267 e. The van der Waals surface area contributed by atoms with Crippen molar-refractivity contribution in [3.05, 3.63) is 70.0 Å². The number of hydrogen-bond acceptors (Lipinski definition) is 3. The van der Waals surface area contributed by atoms with E-state index < -0.39 is 0 Å². The lowest BCUT2D eigenvalue weighted by atomic mass is 10.0. The molecule has 0 saturated carbocycles. The lowest BCUT2D eigenvalue weighted by Gasteiger charge is -2.06. The highest BCUT2D eigenvalue weighted by molar-refractivity contribution is 7.12. The van der Waals surface area contributed by atoms with Gasteiger partial charge in [-0.2, -0.15) is 0 Å². The molecule has 3 rings (SSSR count). The molecule has 0 unspecified atom stereocenters. The summed E-state index contributed by atoms with van der Waals surface area (Å²) in [5, 5.41) is 4.81. The van der Waals surface area contributed by atoms with E-state index in [0.29, 0.717) is 10.7 Å². The monoisotopic (exact) mass is 308 g/mol. The fourth-order valence-corrected chi connectivity index (χ4v) is 3.03. The molecule has 110 valence electrons. The van der Waals surface area contributed by atoms with Gasteiger partial charge in [0.1, 0.15) is 10.7 Å². The van der Waals surface area contributed by atoms with Gasteiger partial charge in [0.05, 0.1) is 0 Å². The zero-order chi connectivity index (χ0) is 15.5. The number of aryl methyl sites for hydroxylation is 2. The van der Waals surface area contributed by atoms with Crippen LogP contribution in [0.15, 0.2) is 54.0 Å². The Morgan fingerprint density at radius 2 is 1.82 bits per heavy atom. The van der Waals surface area contributed by atoms with Crippen LogP contribution in [0.1, 0.15) is 20.8 Å². The first-order valence-electron chi connectivity index (χ1n) is 7.02. The second-order valence-corrected chi connectivity index (χ2v) is 6.12. The molecule has 1 amide bonds. The number of aromatic nitrogens is 1. The van der Waals surface area contributed by atoms with Crippen LogP contribution < -0.4 is 5.32 Å². The summed E-state index contributed by atoms with van der Waals surface area (Å²) in [6, 6.07) is 13.9. The van der Waals surface area contributed by atoms with Crippen LogP contribution in [0.3, 0.4) is 0 Å². The standard InChI is InChI=1S/C18H16N2OS/c1-12-3-5-14(6-4-12)15-8-10-22-17(15)18(21)20-16-11-13(2)7-9-19-16/h3-11H,1-2H3,(H,19,20,21). The Hall–Kier alpha value is -2.46. The molecular formula is C18H16N2OS. The van der Waals surface area contributed by atoms with Crippen LogP contribution in [0.5, 0.6) is 0 Å². The Balaban J connectivity index is 1.88. The highest BCUT2D eigenvalue weighted by atomic mass is 32.1. The topological polar surface area (TPSA) is 42.0 Å². The number of benzene rings is 1. The Bertz CT molecular complexity index is 806. The quantitative estimate of drug-likeness (QED) is 0.763. The Morgan fingerprint density at radius 1 is 1.05 bits per heavy atom. The summed E-state index contributed by atoms with van der Waals surface area (Å²) in [4.78, 5) is 17.4. The van der Waals surface area contributed by atoms with E-state index in [1.54, 1.807) is 6.20 Å². The normalized spacial score (nSPS) is 10.5. The summed E-state index contributed by atoms with van der Waals surface area (Å²) in [6.07, 6.45) is 1.69. The molecule has 1 N–H and O–H groups in total. The number of hydrogen-bond donors (Lipinski definition) is 1. The van der Waals surface area contributed by atoms with E-state index in [1.807, 2.05) is 42.6 Å². The van der Waals surface area contributed by atoms with Crippen LogP contribution in [-0.2, 0) is 0 Å². The van der Waals surface area contributed by atoms with Gasteiger partial charge in [-0.1, -0.05) is 29.8 Å². The van der Waals surface area contributed by atoms with Gasteiger partial charge in [-0.25, -0.2) is 4.98 Å².